The summed E-state index contributed by atoms with van der Waals surface area (Å²) in [5, 5.41) is 0. The van der Waals surface area contributed by atoms with Gasteiger partial charge < -0.3 is 5.73 Å². The molecule has 13 heavy (non-hydrogen) atoms. The van der Waals surface area contributed by atoms with Crippen LogP contribution < -0.4 is 5.73 Å². The van der Waals surface area contributed by atoms with Gasteiger partial charge in [-0.15, -0.1) is 0 Å². The summed E-state index contributed by atoms with van der Waals surface area (Å²) < 4.78 is 0. The van der Waals surface area contributed by atoms with Crippen LogP contribution in [0, 0.1) is 13.8 Å². The summed E-state index contributed by atoms with van der Waals surface area (Å²) in [4.78, 5) is 0. The third kappa shape index (κ3) is 3.19. The minimum absolute atomic E-state index is 0.305. The van der Waals surface area contributed by atoms with E-state index in [4.69, 9.17) is 5.73 Å². The number of benzene rings is 1. The van der Waals surface area contributed by atoms with E-state index in [9.17, 15) is 0 Å². The lowest BCUT2D eigenvalue weighted by Gasteiger charge is -2.08. The van der Waals surface area contributed by atoms with Gasteiger partial charge in [-0.05, 0) is 44.7 Å². The Morgan fingerprint density at radius 3 is 2.62 bits per heavy atom. The predicted molar refractivity (Wildman–Crippen MR) is 57.9 cm³/mol. The van der Waals surface area contributed by atoms with E-state index >= 15 is 0 Å². The van der Waals surface area contributed by atoms with Gasteiger partial charge in [-0.3, -0.25) is 0 Å². The molecule has 1 aromatic rings. The van der Waals surface area contributed by atoms with Crippen LogP contribution in [0.4, 0.5) is 0 Å². The van der Waals surface area contributed by atoms with Crippen LogP contribution in [0.15, 0.2) is 18.2 Å². The van der Waals surface area contributed by atoms with Crippen LogP contribution in [0.1, 0.15) is 30.0 Å². The maximum absolute atomic E-state index is 5.73. The van der Waals surface area contributed by atoms with E-state index < -0.39 is 0 Å². The normalized spacial score (nSPS) is 12.9. The highest BCUT2D eigenvalue weighted by Crippen LogP contribution is 2.13. The molecule has 1 aromatic carbocycles. The molecular formula is C12H19N. The standard InChI is InChI=1S/C12H19N/c1-9-4-5-10(2)12(8-9)7-6-11(3)13/h4-5,8,11H,6-7,13H2,1-3H3. The maximum atomic E-state index is 5.73. The molecule has 1 rings (SSSR count). The van der Waals surface area contributed by atoms with Crippen LogP contribution in [0.5, 0.6) is 0 Å². The first-order valence-electron chi connectivity index (χ1n) is 4.91. The van der Waals surface area contributed by atoms with Crippen LogP contribution in [0.3, 0.4) is 0 Å². The summed E-state index contributed by atoms with van der Waals surface area (Å²) in [7, 11) is 0. The van der Waals surface area contributed by atoms with Crippen molar-refractivity contribution in [3.63, 3.8) is 0 Å². The number of aryl methyl sites for hydroxylation is 3. The van der Waals surface area contributed by atoms with Gasteiger partial charge in [0.2, 0.25) is 0 Å². The van der Waals surface area contributed by atoms with Crippen molar-refractivity contribution in [2.75, 3.05) is 0 Å². The topological polar surface area (TPSA) is 26.0 Å². The van der Waals surface area contributed by atoms with Gasteiger partial charge in [-0.25, -0.2) is 0 Å². The zero-order valence-corrected chi connectivity index (χ0v) is 8.80. The van der Waals surface area contributed by atoms with Crippen molar-refractivity contribution in [2.24, 2.45) is 5.73 Å². The highest BCUT2D eigenvalue weighted by molar-refractivity contribution is 5.30. The molecule has 0 fully saturated rings. The molecule has 1 unspecified atom stereocenters. The van der Waals surface area contributed by atoms with Crippen LogP contribution in [0.25, 0.3) is 0 Å². The Bertz CT molecular complexity index is 276. The zero-order chi connectivity index (χ0) is 9.84. The smallest absolute Gasteiger partial charge is 0.00136 e. The van der Waals surface area contributed by atoms with E-state index in [1.165, 1.54) is 16.7 Å². The fourth-order valence-electron chi connectivity index (χ4n) is 1.45. The summed E-state index contributed by atoms with van der Waals surface area (Å²) in [6.07, 6.45) is 2.18. The highest BCUT2D eigenvalue weighted by Gasteiger charge is 2.00. The Labute approximate surface area is 81.0 Å². The third-order valence-corrected chi connectivity index (χ3v) is 2.37. The molecule has 2 N–H and O–H groups in total. The summed E-state index contributed by atoms with van der Waals surface area (Å²) in [5.41, 5.74) is 9.89. The molecule has 0 aromatic heterocycles. The van der Waals surface area contributed by atoms with Crippen molar-refractivity contribution in [1.29, 1.82) is 0 Å². The lowest BCUT2D eigenvalue weighted by atomic mass is 10.00. The Hall–Kier alpha value is -0.820. The van der Waals surface area contributed by atoms with Gasteiger partial charge in [0, 0.05) is 6.04 Å². The highest BCUT2D eigenvalue weighted by atomic mass is 14.6. The minimum atomic E-state index is 0.305. The fourth-order valence-corrected chi connectivity index (χ4v) is 1.45. The SMILES string of the molecule is Cc1ccc(C)c(CCC(C)N)c1. The second-order valence-corrected chi connectivity index (χ2v) is 3.95. The lowest BCUT2D eigenvalue weighted by molar-refractivity contribution is 0.664. The first-order chi connectivity index (χ1) is 6.09. The number of hydrogen-bond donors (Lipinski definition) is 1. The molecule has 0 saturated heterocycles. The monoisotopic (exact) mass is 177 g/mol. The minimum Gasteiger partial charge on any atom is -0.328 e. The van der Waals surface area contributed by atoms with Crippen LogP contribution in [0.2, 0.25) is 0 Å². The van der Waals surface area contributed by atoms with Crippen molar-refractivity contribution in [3.05, 3.63) is 34.9 Å². The second-order valence-electron chi connectivity index (χ2n) is 3.95. The van der Waals surface area contributed by atoms with E-state index in [2.05, 4.69) is 39.0 Å². The van der Waals surface area contributed by atoms with Gasteiger partial charge in [0.15, 0.2) is 0 Å². The molecule has 0 aliphatic carbocycles. The molecule has 0 aliphatic rings. The molecule has 0 aliphatic heterocycles. The van der Waals surface area contributed by atoms with E-state index in [1.54, 1.807) is 0 Å². The predicted octanol–water partition coefficient (Wildman–Crippen LogP) is 2.58. The summed E-state index contributed by atoms with van der Waals surface area (Å²) in [6, 6.07) is 6.91. The van der Waals surface area contributed by atoms with Gasteiger partial charge in [0.1, 0.15) is 0 Å². The Morgan fingerprint density at radius 1 is 1.31 bits per heavy atom. The van der Waals surface area contributed by atoms with Gasteiger partial charge in [0.25, 0.3) is 0 Å². The van der Waals surface area contributed by atoms with Crippen molar-refractivity contribution < 1.29 is 0 Å². The molecule has 0 spiro atoms. The third-order valence-electron chi connectivity index (χ3n) is 2.37. The molecule has 1 atom stereocenters. The summed E-state index contributed by atoms with van der Waals surface area (Å²) in [6.45, 7) is 6.36. The maximum Gasteiger partial charge on any atom is 0.00136 e. The van der Waals surface area contributed by atoms with Crippen molar-refractivity contribution >= 4 is 0 Å². The Kier molecular flexibility index (Phi) is 3.49. The number of rotatable bonds is 3. The van der Waals surface area contributed by atoms with Crippen LogP contribution >= 0.6 is 0 Å². The molecule has 0 heterocycles. The van der Waals surface area contributed by atoms with E-state index in [1.807, 2.05) is 0 Å². The molecule has 1 nitrogen and oxygen atoms in total. The van der Waals surface area contributed by atoms with Crippen LogP contribution in [-0.2, 0) is 6.42 Å². The van der Waals surface area contributed by atoms with Gasteiger partial charge in [-0.1, -0.05) is 23.8 Å². The number of hydrogen-bond acceptors (Lipinski definition) is 1. The van der Waals surface area contributed by atoms with Crippen molar-refractivity contribution in [3.8, 4) is 0 Å². The average Bonchev–Trinajstić information content (AvgIpc) is 2.06. The first-order valence-corrected chi connectivity index (χ1v) is 4.91. The van der Waals surface area contributed by atoms with E-state index in [0.717, 1.165) is 12.8 Å². The summed E-state index contributed by atoms with van der Waals surface area (Å²) >= 11 is 0. The quantitative estimate of drug-likeness (QED) is 0.754. The number of nitrogens with two attached hydrogens (primary N) is 1. The molecule has 0 saturated carbocycles. The Balaban J connectivity index is 2.70. The van der Waals surface area contributed by atoms with Gasteiger partial charge >= 0.3 is 0 Å². The van der Waals surface area contributed by atoms with Crippen LogP contribution in [-0.4, -0.2) is 6.04 Å². The lowest BCUT2D eigenvalue weighted by Crippen LogP contribution is -2.15. The van der Waals surface area contributed by atoms with Gasteiger partial charge in [0.05, 0.1) is 0 Å². The van der Waals surface area contributed by atoms with E-state index in [0.29, 0.717) is 6.04 Å². The molecule has 0 amide bonds. The molecule has 0 radical (unpaired) electrons. The van der Waals surface area contributed by atoms with Crippen molar-refractivity contribution in [2.45, 2.75) is 39.7 Å². The molecule has 0 bridgehead atoms. The first kappa shape index (κ1) is 10.3. The fraction of sp³-hybridized carbons (Fsp3) is 0.500. The summed E-state index contributed by atoms with van der Waals surface area (Å²) in [5.74, 6) is 0. The van der Waals surface area contributed by atoms with E-state index in [-0.39, 0.29) is 0 Å². The molecular weight excluding hydrogens is 158 g/mol. The second kappa shape index (κ2) is 4.43. The molecule has 1 heteroatoms. The average molecular weight is 177 g/mol. The zero-order valence-electron chi connectivity index (χ0n) is 8.80. The van der Waals surface area contributed by atoms with Gasteiger partial charge in [-0.2, -0.15) is 0 Å². The Morgan fingerprint density at radius 2 is 2.00 bits per heavy atom. The largest absolute Gasteiger partial charge is 0.328 e. The molecule has 72 valence electrons. The van der Waals surface area contributed by atoms with Crippen molar-refractivity contribution in [1.82, 2.24) is 0 Å².